The fraction of sp³-hybridized carbons (Fsp3) is 0.393. The van der Waals surface area contributed by atoms with Gasteiger partial charge in [-0.05, 0) is 36.8 Å². The standard InChI is InChI=1S/C28H35ClN4O3/c1-6-7-10-16-32(27(35)20-12-11-13-21(17-20)36-5)19-26(34)30-25-18-24(28(2,3)4)31-33(25)23-15-9-8-14-22(23)29/h8-9,11-15,17-18H,6-7,10,16,19H2,1-5H3,(H,30,34). The number of amides is 2. The van der Waals surface area contributed by atoms with Crippen molar-refractivity contribution in [2.75, 3.05) is 25.5 Å². The van der Waals surface area contributed by atoms with Crippen molar-refractivity contribution in [3.8, 4) is 11.4 Å². The summed E-state index contributed by atoms with van der Waals surface area (Å²) >= 11 is 6.44. The Balaban J connectivity index is 1.87. The number of carbonyl (C=O) groups excluding carboxylic acids is 2. The molecule has 7 nitrogen and oxygen atoms in total. The van der Waals surface area contributed by atoms with E-state index in [9.17, 15) is 9.59 Å². The number of methoxy groups -OCH3 is 1. The second-order valence-corrected chi connectivity index (χ2v) is 10.1. The molecule has 0 aliphatic rings. The second-order valence-electron chi connectivity index (χ2n) is 9.74. The number of nitrogens with one attached hydrogen (secondary N) is 1. The van der Waals surface area contributed by atoms with Gasteiger partial charge in [0.2, 0.25) is 5.91 Å². The van der Waals surface area contributed by atoms with E-state index < -0.39 is 0 Å². The maximum Gasteiger partial charge on any atom is 0.254 e. The maximum atomic E-state index is 13.3. The first-order chi connectivity index (χ1) is 17.1. The molecule has 0 atom stereocenters. The molecule has 1 aromatic heterocycles. The molecular weight excluding hydrogens is 476 g/mol. The molecule has 3 rings (SSSR count). The van der Waals surface area contributed by atoms with Crippen molar-refractivity contribution >= 4 is 29.2 Å². The maximum absolute atomic E-state index is 13.3. The molecule has 2 aromatic carbocycles. The fourth-order valence-electron chi connectivity index (χ4n) is 3.74. The molecule has 0 bridgehead atoms. The monoisotopic (exact) mass is 510 g/mol. The van der Waals surface area contributed by atoms with Crippen LogP contribution in [-0.4, -0.2) is 46.7 Å². The SMILES string of the molecule is CCCCCN(CC(=O)Nc1cc(C(C)(C)C)nn1-c1ccccc1Cl)C(=O)c1cccc(OC)c1. The Bertz CT molecular complexity index is 1200. The van der Waals surface area contributed by atoms with Gasteiger partial charge in [0, 0.05) is 23.6 Å². The summed E-state index contributed by atoms with van der Waals surface area (Å²) in [5.74, 6) is 0.573. The number of ether oxygens (including phenoxy) is 1. The lowest BCUT2D eigenvalue weighted by Crippen LogP contribution is -2.39. The van der Waals surface area contributed by atoms with Crippen LogP contribution >= 0.6 is 11.6 Å². The number of halogens is 1. The number of hydrogen-bond acceptors (Lipinski definition) is 4. The number of hydrogen-bond donors (Lipinski definition) is 1. The predicted molar refractivity (Wildman–Crippen MR) is 144 cm³/mol. The average molecular weight is 511 g/mol. The number of nitrogens with zero attached hydrogens (tertiary/aromatic N) is 3. The molecule has 8 heteroatoms. The van der Waals surface area contributed by atoms with Crippen LogP contribution in [0.5, 0.6) is 5.75 Å². The molecule has 0 fully saturated rings. The number of anilines is 1. The molecule has 0 radical (unpaired) electrons. The van der Waals surface area contributed by atoms with Gasteiger partial charge >= 0.3 is 0 Å². The minimum atomic E-state index is -0.309. The highest BCUT2D eigenvalue weighted by molar-refractivity contribution is 6.32. The number of benzene rings is 2. The van der Waals surface area contributed by atoms with Gasteiger partial charge < -0.3 is 15.0 Å². The first-order valence-corrected chi connectivity index (χ1v) is 12.6. The third-order valence-electron chi connectivity index (χ3n) is 5.80. The topological polar surface area (TPSA) is 76.5 Å². The lowest BCUT2D eigenvalue weighted by Gasteiger charge is -2.22. The highest BCUT2D eigenvalue weighted by atomic mass is 35.5. The lowest BCUT2D eigenvalue weighted by molar-refractivity contribution is -0.117. The van der Waals surface area contributed by atoms with E-state index in [0.29, 0.717) is 34.4 Å². The van der Waals surface area contributed by atoms with Gasteiger partial charge in [-0.15, -0.1) is 0 Å². The van der Waals surface area contributed by atoms with Crippen LogP contribution in [0, 0.1) is 0 Å². The Morgan fingerprint density at radius 1 is 1.08 bits per heavy atom. The van der Waals surface area contributed by atoms with Gasteiger partial charge in [0.1, 0.15) is 18.1 Å². The summed E-state index contributed by atoms with van der Waals surface area (Å²) in [6, 6.07) is 16.2. The first-order valence-electron chi connectivity index (χ1n) is 12.2. The van der Waals surface area contributed by atoms with Gasteiger partial charge in [0.25, 0.3) is 5.91 Å². The molecule has 2 amide bonds. The van der Waals surface area contributed by atoms with Crippen molar-refractivity contribution < 1.29 is 14.3 Å². The minimum Gasteiger partial charge on any atom is -0.497 e. The van der Waals surface area contributed by atoms with Crippen LogP contribution in [0.3, 0.4) is 0 Å². The third-order valence-corrected chi connectivity index (χ3v) is 6.12. The van der Waals surface area contributed by atoms with Crippen LogP contribution in [0.15, 0.2) is 54.6 Å². The van der Waals surface area contributed by atoms with Crippen molar-refractivity contribution in [3.05, 3.63) is 70.9 Å². The smallest absolute Gasteiger partial charge is 0.254 e. The zero-order valence-corrected chi connectivity index (χ0v) is 22.4. The first kappa shape index (κ1) is 27.3. The second kappa shape index (κ2) is 12.1. The Hall–Kier alpha value is -3.32. The zero-order valence-electron chi connectivity index (χ0n) is 21.7. The van der Waals surface area contributed by atoms with E-state index in [1.807, 2.05) is 24.3 Å². The van der Waals surface area contributed by atoms with Crippen molar-refractivity contribution in [2.24, 2.45) is 0 Å². The van der Waals surface area contributed by atoms with E-state index in [0.717, 1.165) is 25.0 Å². The van der Waals surface area contributed by atoms with Crippen LogP contribution < -0.4 is 10.1 Å². The van der Waals surface area contributed by atoms with Crippen LogP contribution in [0.2, 0.25) is 5.02 Å². The number of aromatic nitrogens is 2. The Labute approximate surface area is 218 Å². The number of unbranched alkanes of at least 4 members (excludes halogenated alkanes) is 2. The quantitative estimate of drug-likeness (QED) is 0.334. The van der Waals surface area contributed by atoms with E-state index in [1.165, 1.54) is 0 Å². The molecule has 0 spiro atoms. The summed E-state index contributed by atoms with van der Waals surface area (Å²) in [7, 11) is 1.56. The van der Waals surface area contributed by atoms with Gasteiger partial charge in [-0.3, -0.25) is 9.59 Å². The van der Waals surface area contributed by atoms with E-state index in [4.69, 9.17) is 21.4 Å². The minimum absolute atomic E-state index is 0.0850. The molecule has 0 unspecified atom stereocenters. The molecule has 192 valence electrons. The summed E-state index contributed by atoms with van der Waals surface area (Å²) < 4.78 is 6.91. The van der Waals surface area contributed by atoms with Crippen LogP contribution in [0.25, 0.3) is 5.69 Å². The van der Waals surface area contributed by atoms with Gasteiger partial charge in [-0.25, -0.2) is 4.68 Å². The molecule has 1 N–H and O–H groups in total. The Morgan fingerprint density at radius 3 is 2.50 bits per heavy atom. The van der Waals surface area contributed by atoms with Crippen molar-refractivity contribution in [3.63, 3.8) is 0 Å². The van der Waals surface area contributed by atoms with Crippen molar-refractivity contribution in [2.45, 2.75) is 52.4 Å². The molecule has 0 aliphatic carbocycles. The summed E-state index contributed by atoms with van der Waals surface area (Å²) in [6.45, 7) is 8.66. The predicted octanol–water partition coefficient (Wildman–Crippen LogP) is 6.10. The summed E-state index contributed by atoms with van der Waals surface area (Å²) in [5.41, 5.74) is 1.72. The van der Waals surface area contributed by atoms with Gasteiger partial charge in [0.15, 0.2) is 0 Å². The molecule has 3 aromatic rings. The Morgan fingerprint density at radius 2 is 1.83 bits per heavy atom. The van der Waals surface area contributed by atoms with Gasteiger partial charge in [0.05, 0.1) is 23.5 Å². The van der Waals surface area contributed by atoms with Crippen LogP contribution in [-0.2, 0) is 10.2 Å². The van der Waals surface area contributed by atoms with Crippen LogP contribution in [0.4, 0.5) is 5.82 Å². The van der Waals surface area contributed by atoms with Crippen molar-refractivity contribution in [1.29, 1.82) is 0 Å². The molecular formula is C28H35ClN4O3. The van der Waals surface area contributed by atoms with Gasteiger partial charge in [-0.2, -0.15) is 5.10 Å². The van der Waals surface area contributed by atoms with E-state index in [1.54, 1.807) is 47.0 Å². The molecule has 36 heavy (non-hydrogen) atoms. The number of carbonyl (C=O) groups is 2. The number of rotatable bonds is 10. The van der Waals surface area contributed by atoms with Crippen molar-refractivity contribution in [1.82, 2.24) is 14.7 Å². The zero-order chi connectivity index (χ0) is 26.3. The molecule has 0 saturated heterocycles. The Kier molecular flexibility index (Phi) is 9.15. The van der Waals surface area contributed by atoms with Crippen LogP contribution in [0.1, 0.15) is 63.0 Å². The molecule has 1 heterocycles. The highest BCUT2D eigenvalue weighted by Gasteiger charge is 2.24. The normalized spacial score (nSPS) is 11.3. The average Bonchev–Trinajstić information content (AvgIpc) is 3.27. The largest absolute Gasteiger partial charge is 0.497 e. The van der Waals surface area contributed by atoms with Gasteiger partial charge in [-0.1, -0.05) is 70.3 Å². The third kappa shape index (κ3) is 6.88. The summed E-state index contributed by atoms with van der Waals surface area (Å²) in [4.78, 5) is 28.1. The van der Waals surface area contributed by atoms with E-state index >= 15 is 0 Å². The molecule has 0 aliphatic heterocycles. The van der Waals surface area contributed by atoms with E-state index in [-0.39, 0.29) is 23.8 Å². The molecule has 0 saturated carbocycles. The van der Waals surface area contributed by atoms with E-state index in [2.05, 4.69) is 33.0 Å². The number of para-hydroxylation sites is 1. The highest BCUT2D eigenvalue weighted by Crippen LogP contribution is 2.29. The lowest BCUT2D eigenvalue weighted by atomic mass is 9.92. The fourth-order valence-corrected chi connectivity index (χ4v) is 3.96. The summed E-state index contributed by atoms with van der Waals surface area (Å²) in [6.07, 6.45) is 2.79. The summed E-state index contributed by atoms with van der Waals surface area (Å²) in [5, 5.41) is 8.21.